The number of methoxy groups -OCH3 is 2. The molecule has 8 heteroatoms. The molecular formula is C14H26N2O6. The van der Waals surface area contributed by atoms with Gasteiger partial charge in [0.05, 0.1) is 26.4 Å². The first-order valence-electron chi connectivity index (χ1n) is 7.46. The number of piperidine rings is 2. The van der Waals surface area contributed by atoms with Gasteiger partial charge >= 0.3 is 11.9 Å². The minimum atomic E-state index is -0.361. The van der Waals surface area contributed by atoms with Gasteiger partial charge in [0.15, 0.2) is 0 Å². The molecule has 0 aromatic rings. The number of aliphatic hydroxyl groups excluding tert-OH is 2. The Hall–Kier alpha value is -1.22. The molecule has 0 radical (unpaired) electrons. The predicted molar refractivity (Wildman–Crippen MR) is 78.1 cm³/mol. The van der Waals surface area contributed by atoms with Crippen LogP contribution in [0.3, 0.4) is 0 Å². The van der Waals surface area contributed by atoms with Gasteiger partial charge in [-0.3, -0.25) is 9.59 Å². The molecule has 0 bridgehead atoms. The number of aliphatic hydroxyl groups is 2. The summed E-state index contributed by atoms with van der Waals surface area (Å²) in [4.78, 5) is 21.8. The molecule has 0 amide bonds. The van der Waals surface area contributed by atoms with Crippen molar-refractivity contribution in [3.05, 3.63) is 0 Å². The topological polar surface area (TPSA) is 117 Å². The number of nitrogens with one attached hydrogen (secondary N) is 2. The maximum absolute atomic E-state index is 10.9. The van der Waals surface area contributed by atoms with Crippen LogP contribution in [0.5, 0.6) is 0 Å². The molecule has 0 spiro atoms. The van der Waals surface area contributed by atoms with E-state index in [1.165, 1.54) is 14.2 Å². The summed E-state index contributed by atoms with van der Waals surface area (Å²) in [6, 6.07) is -0.632. The van der Waals surface area contributed by atoms with E-state index >= 15 is 0 Å². The van der Waals surface area contributed by atoms with Crippen molar-refractivity contribution < 1.29 is 29.3 Å². The van der Waals surface area contributed by atoms with E-state index in [-0.39, 0.29) is 36.2 Å². The Kier molecular flexibility index (Phi) is 8.32. The summed E-state index contributed by atoms with van der Waals surface area (Å²) in [5, 5.41) is 24.3. The smallest absolute Gasteiger partial charge is 0.322 e. The summed E-state index contributed by atoms with van der Waals surface area (Å²) in [5.74, 6) is -0.576. The molecule has 22 heavy (non-hydrogen) atoms. The van der Waals surface area contributed by atoms with E-state index in [0.717, 1.165) is 0 Å². The Morgan fingerprint density at radius 2 is 1.23 bits per heavy atom. The van der Waals surface area contributed by atoms with Crippen LogP contribution in [-0.4, -0.2) is 73.8 Å². The number of hydrogen-bond acceptors (Lipinski definition) is 8. The van der Waals surface area contributed by atoms with E-state index in [2.05, 4.69) is 20.1 Å². The van der Waals surface area contributed by atoms with E-state index in [9.17, 15) is 19.8 Å². The van der Waals surface area contributed by atoms with Crippen LogP contribution in [-0.2, 0) is 19.1 Å². The molecule has 2 saturated heterocycles. The van der Waals surface area contributed by atoms with Crippen LogP contribution >= 0.6 is 0 Å². The van der Waals surface area contributed by atoms with Gasteiger partial charge in [0.25, 0.3) is 0 Å². The summed E-state index contributed by atoms with van der Waals surface area (Å²) in [6.45, 7) is 1.36. The molecule has 4 atom stereocenters. The number of ether oxygens (including phenoxy) is 2. The van der Waals surface area contributed by atoms with Crippen LogP contribution in [0.4, 0.5) is 0 Å². The fourth-order valence-corrected chi connectivity index (χ4v) is 2.44. The molecule has 2 fully saturated rings. The van der Waals surface area contributed by atoms with E-state index in [1.807, 2.05) is 0 Å². The van der Waals surface area contributed by atoms with Crippen LogP contribution < -0.4 is 10.6 Å². The van der Waals surface area contributed by atoms with Gasteiger partial charge in [-0.2, -0.15) is 0 Å². The van der Waals surface area contributed by atoms with Crippen molar-refractivity contribution in [2.24, 2.45) is 0 Å². The average molecular weight is 318 g/mol. The van der Waals surface area contributed by atoms with E-state index in [0.29, 0.717) is 38.8 Å². The van der Waals surface area contributed by atoms with E-state index in [4.69, 9.17) is 0 Å². The Labute approximate surface area is 130 Å². The van der Waals surface area contributed by atoms with Gasteiger partial charge in [0.2, 0.25) is 0 Å². The van der Waals surface area contributed by atoms with Gasteiger partial charge in [-0.1, -0.05) is 0 Å². The molecule has 8 nitrogen and oxygen atoms in total. The highest BCUT2D eigenvalue weighted by atomic mass is 16.5. The lowest BCUT2D eigenvalue weighted by Crippen LogP contribution is -2.45. The average Bonchev–Trinajstić information content (AvgIpc) is 2.54. The normalized spacial score (nSPS) is 31.5. The first-order valence-corrected chi connectivity index (χ1v) is 7.46. The molecule has 0 aliphatic carbocycles. The summed E-state index contributed by atoms with van der Waals surface area (Å²) in [5.41, 5.74) is 0. The first-order chi connectivity index (χ1) is 10.5. The summed E-state index contributed by atoms with van der Waals surface area (Å²) >= 11 is 0. The second kappa shape index (κ2) is 9.73. The molecule has 0 aromatic carbocycles. The van der Waals surface area contributed by atoms with Crippen molar-refractivity contribution >= 4 is 11.9 Å². The van der Waals surface area contributed by atoms with Gasteiger partial charge in [0, 0.05) is 0 Å². The van der Waals surface area contributed by atoms with Crippen molar-refractivity contribution in [3.8, 4) is 0 Å². The first kappa shape index (κ1) is 18.8. The van der Waals surface area contributed by atoms with E-state index in [1.54, 1.807) is 0 Å². The van der Waals surface area contributed by atoms with Crippen LogP contribution in [0, 0.1) is 0 Å². The van der Waals surface area contributed by atoms with Gasteiger partial charge in [-0.15, -0.1) is 0 Å². The van der Waals surface area contributed by atoms with Crippen molar-refractivity contribution in [2.45, 2.75) is 50.0 Å². The molecule has 2 rings (SSSR count). The fraction of sp³-hybridized carbons (Fsp3) is 0.857. The zero-order chi connectivity index (χ0) is 16.5. The standard InChI is InChI=1S/2C7H13NO3/c2*1-11-7(10)6-4-5(9)2-3-8-6/h2*5-6,8-9H,2-4H2,1H3/t2*5-,6+/m10/s1. The molecule has 0 aromatic heterocycles. The largest absolute Gasteiger partial charge is 0.468 e. The molecule has 2 heterocycles. The quantitative estimate of drug-likeness (QED) is 0.457. The Morgan fingerprint density at radius 1 is 0.864 bits per heavy atom. The van der Waals surface area contributed by atoms with Gasteiger partial charge in [-0.05, 0) is 38.8 Å². The Morgan fingerprint density at radius 3 is 1.50 bits per heavy atom. The van der Waals surface area contributed by atoms with Gasteiger partial charge < -0.3 is 30.3 Å². The lowest BCUT2D eigenvalue weighted by Gasteiger charge is -2.24. The predicted octanol–water partition coefficient (Wildman–Crippen LogP) is -1.46. The second-order valence-corrected chi connectivity index (χ2v) is 5.42. The molecule has 0 unspecified atom stereocenters. The zero-order valence-electron chi connectivity index (χ0n) is 13.1. The summed E-state index contributed by atoms with van der Waals surface area (Å²) in [6.07, 6.45) is 1.64. The lowest BCUT2D eigenvalue weighted by molar-refractivity contribution is -0.145. The minimum absolute atomic E-state index is 0.288. The highest BCUT2D eigenvalue weighted by Crippen LogP contribution is 2.09. The number of rotatable bonds is 2. The Bertz CT molecular complexity index is 331. The van der Waals surface area contributed by atoms with Crippen LogP contribution in [0.25, 0.3) is 0 Å². The third-order valence-electron chi connectivity index (χ3n) is 3.72. The molecule has 4 N–H and O–H groups in total. The van der Waals surface area contributed by atoms with Crippen molar-refractivity contribution in [2.75, 3.05) is 27.3 Å². The molecule has 128 valence electrons. The lowest BCUT2D eigenvalue weighted by atomic mass is 10.0. The highest BCUT2D eigenvalue weighted by molar-refractivity contribution is 5.76. The van der Waals surface area contributed by atoms with Crippen molar-refractivity contribution in [1.82, 2.24) is 10.6 Å². The number of carbonyl (C=O) groups is 2. The molecule has 0 saturated carbocycles. The Balaban J connectivity index is 0.000000220. The van der Waals surface area contributed by atoms with E-state index < -0.39 is 0 Å². The monoisotopic (exact) mass is 318 g/mol. The SMILES string of the molecule is COC(=O)[C@@H]1C[C@H](O)CCN1.COC(=O)[C@H]1C[C@@H](O)CCN1. The maximum atomic E-state index is 10.9. The minimum Gasteiger partial charge on any atom is -0.468 e. The van der Waals surface area contributed by atoms with Crippen LogP contribution in [0.1, 0.15) is 25.7 Å². The summed E-state index contributed by atoms with van der Waals surface area (Å²) < 4.78 is 9.05. The molecule has 2 aliphatic rings. The zero-order valence-corrected chi connectivity index (χ0v) is 13.1. The fourth-order valence-electron chi connectivity index (χ4n) is 2.44. The van der Waals surface area contributed by atoms with Crippen molar-refractivity contribution in [1.29, 1.82) is 0 Å². The number of esters is 2. The summed E-state index contributed by atoms with van der Waals surface area (Å²) in [7, 11) is 2.70. The third kappa shape index (κ3) is 6.27. The van der Waals surface area contributed by atoms with Crippen LogP contribution in [0.2, 0.25) is 0 Å². The van der Waals surface area contributed by atoms with Crippen molar-refractivity contribution in [3.63, 3.8) is 0 Å². The van der Waals surface area contributed by atoms with Crippen LogP contribution in [0.15, 0.2) is 0 Å². The maximum Gasteiger partial charge on any atom is 0.322 e. The van der Waals surface area contributed by atoms with Gasteiger partial charge in [0.1, 0.15) is 12.1 Å². The highest BCUT2D eigenvalue weighted by Gasteiger charge is 2.26. The number of carbonyl (C=O) groups excluding carboxylic acids is 2. The third-order valence-corrected chi connectivity index (χ3v) is 3.72. The number of hydrogen-bond donors (Lipinski definition) is 4. The van der Waals surface area contributed by atoms with Gasteiger partial charge in [-0.25, -0.2) is 0 Å². The second-order valence-electron chi connectivity index (χ2n) is 5.42. The molecule has 2 aliphatic heterocycles. The molecular weight excluding hydrogens is 292 g/mol.